The quantitative estimate of drug-likeness (QED) is 0.410. The zero-order chi connectivity index (χ0) is 22.5. The molecule has 0 bridgehead atoms. The summed E-state index contributed by atoms with van der Waals surface area (Å²) in [6.45, 7) is 2.69. The molecular weight excluding hydrogens is 400 g/mol. The van der Waals surface area contributed by atoms with E-state index in [-0.39, 0.29) is 11.9 Å². The molecule has 0 N–H and O–H groups in total. The van der Waals surface area contributed by atoms with Gasteiger partial charge in [0.1, 0.15) is 17.1 Å². The average Bonchev–Trinajstić information content (AvgIpc) is 3.19. The third-order valence-corrected chi connectivity index (χ3v) is 5.90. The molecule has 4 aromatic rings. The number of aryl methyl sites for hydroxylation is 1. The van der Waals surface area contributed by atoms with Crippen LogP contribution in [0.15, 0.2) is 72.9 Å². The molecule has 2 heterocycles. The molecule has 164 valence electrons. The van der Waals surface area contributed by atoms with Crippen molar-refractivity contribution in [2.24, 2.45) is 0 Å². The van der Waals surface area contributed by atoms with E-state index in [0.29, 0.717) is 19.4 Å². The molecule has 1 unspecified atom stereocenters. The lowest BCUT2D eigenvalue weighted by Gasteiger charge is -2.25. The molecule has 32 heavy (non-hydrogen) atoms. The molecule has 0 aliphatic rings. The Morgan fingerprint density at radius 3 is 2.53 bits per heavy atom. The highest BCUT2D eigenvalue weighted by Gasteiger charge is 2.19. The maximum atomic E-state index is 12.9. The van der Waals surface area contributed by atoms with Crippen LogP contribution in [0.5, 0.6) is 5.75 Å². The smallest absolute Gasteiger partial charge is 0.223 e. The number of nitrogens with zero attached hydrogens (tertiary/aromatic N) is 4. The number of fused-ring (bicyclic) bond motifs is 1. The minimum atomic E-state index is 0.0171. The van der Waals surface area contributed by atoms with E-state index in [4.69, 9.17) is 9.72 Å². The number of ether oxygens (including phenoxy) is 1. The summed E-state index contributed by atoms with van der Waals surface area (Å²) >= 11 is 0. The Hall–Kier alpha value is -3.67. The molecule has 0 saturated carbocycles. The van der Waals surface area contributed by atoms with Crippen molar-refractivity contribution in [1.82, 2.24) is 19.4 Å². The second kappa shape index (κ2) is 9.64. The fraction of sp³-hybridized carbons (Fsp3) is 0.269. The number of carbonyl (C=O) groups is 1. The average molecular weight is 429 g/mol. The van der Waals surface area contributed by atoms with Gasteiger partial charge in [0.05, 0.1) is 19.7 Å². The first-order valence-electron chi connectivity index (χ1n) is 10.8. The number of benzene rings is 2. The lowest BCUT2D eigenvalue weighted by Crippen LogP contribution is -2.30. The molecule has 0 fully saturated rings. The standard InChI is InChI=1S/C26H28N4O2/c1-19(21-8-5-4-6-9-21)29(2)25(31)16-15-24-28-23-10-7-17-27-26(23)30(24)18-20-11-13-22(32-3)14-12-20/h4-14,17,19H,15-16,18H2,1-3H3. The van der Waals surface area contributed by atoms with Crippen molar-refractivity contribution < 1.29 is 9.53 Å². The summed E-state index contributed by atoms with van der Waals surface area (Å²) in [6.07, 6.45) is 2.72. The summed E-state index contributed by atoms with van der Waals surface area (Å²) in [5, 5.41) is 0. The van der Waals surface area contributed by atoms with Crippen molar-refractivity contribution in [2.45, 2.75) is 32.4 Å². The first kappa shape index (κ1) is 21.6. The van der Waals surface area contributed by atoms with Gasteiger partial charge in [0, 0.05) is 26.1 Å². The van der Waals surface area contributed by atoms with Gasteiger partial charge < -0.3 is 14.2 Å². The molecule has 0 radical (unpaired) electrons. The molecule has 0 aliphatic heterocycles. The third kappa shape index (κ3) is 4.64. The number of aromatic nitrogens is 3. The van der Waals surface area contributed by atoms with Crippen LogP contribution in [0.25, 0.3) is 11.2 Å². The number of methoxy groups -OCH3 is 1. The van der Waals surface area contributed by atoms with Crippen LogP contribution >= 0.6 is 0 Å². The van der Waals surface area contributed by atoms with Crippen LogP contribution < -0.4 is 4.74 Å². The summed E-state index contributed by atoms with van der Waals surface area (Å²) in [5.41, 5.74) is 3.92. The number of pyridine rings is 1. The highest BCUT2D eigenvalue weighted by molar-refractivity contribution is 5.77. The van der Waals surface area contributed by atoms with Gasteiger partial charge >= 0.3 is 0 Å². The highest BCUT2D eigenvalue weighted by Crippen LogP contribution is 2.21. The fourth-order valence-electron chi connectivity index (χ4n) is 3.84. The van der Waals surface area contributed by atoms with Crippen LogP contribution in [-0.4, -0.2) is 39.5 Å². The van der Waals surface area contributed by atoms with E-state index in [0.717, 1.165) is 33.9 Å². The van der Waals surface area contributed by atoms with E-state index in [2.05, 4.69) is 16.5 Å². The molecule has 2 aromatic heterocycles. The Balaban J connectivity index is 1.52. The van der Waals surface area contributed by atoms with Gasteiger partial charge in [0.2, 0.25) is 5.91 Å². The number of rotatable bonds is 8. The lowest BCUT2D eigenvalue weighted by atomic mass is 10.1. The van der Waals surface area contributed by atoms with Crippen molar-refractivity contribution >= 4 is 17.1 Å². The number of imidazole rings is 1. The third-order valence-electron chi connectivity index (χ3n) is 5.90. The first-order valence-corrected chi connectivity index (χ1v) is 10.8. The number of amides is 1. The van der Waals surface area contributed by atoms with E-state index >= 15 is 0 Å². The van der Waals surface area contributed by atoms with Crippen LogP contribution in [0.2, 0.25) is 0 Å². The van der Waals surface area contributed by atoms with Crippen LogP contribution in [0, 0.1) is 0 Å². The van der Waals surface area contributed by atoms with Gasteiger partial charge in [-0.05, 0) is 42.3 Å². The van der Waals surface area contributed by atoms with Gasteiger partial charge in [-0.1, -0.05) is 42.5 Å². The van der Waals surface area contributed by atoms with Crippen molar-refractivity contribution in [1.29, 1.82) is 0 Å². The molecule has 0 aliphatic carbocycles. The number of carbonyl (C=O) groups excluding carboxylic acids is 1. The van der Waals surface area contributed by atoms with E-state index in [1.54, 1.807) is 13.3 Å². The van der Waals surface area contributed by atoms with Crippen molar-refractivity contribution in [2.75, 3.05) is 14.2 Å². The van der Waals surface area contributed by atoms with Gasteiger partial charge in [0.25, 0.3) is 0 Å². The largest absolute Gasteiger partial charge is 0.497 e. The Labute approximate surface area is 188 Å². The molecule has 6 heteroatoms. The summed E-state index contributed by atoms with van der Waals surface area (Å²) in [6, 6.07) is 21.9. The van der Waals surface area contributed by atoms with E-state index in [1.807, 2.05) is 78.7 Å². The second-order valence-electron chi connectivity index (χ2n) is 7.90. The topological polar surface area (TPSA) is 60.2 Å². The molecular formula is C26H28N4O2. The molecule has 6 nitrogen and oxygen atoms in total. The SMILES string of the molecule is COc1ccc(Cn2c(CCC(=O)N(C)C(C)c3ccccc3)nc3cccnc32)cc1. The number of hydrogen-bond acceptors (Lipinski definition) is 4. The Morgan fingerprint density at radius 2 is 1.81 bits per heavy atom. The first-order chi connectivity index (χ1) is 15.6. The van der Waals surface area contributed by atoms with E-state index in [9.17, 15) is 4.79 Å². The Bertz CT molecular complexity index is 1190. The Kier molecular flexibility index (Phi) is 6.50. The zero-order valence-electron chi connectivity index (χ0n) is 18.7. The van der Waals surface area contributed by atoms with Crippen LogP contribution in [0.3, 0.4) is 0 Å². The molecule has 0 spiro atoms. The molecule has 1 atom stereocenters. The van der Waals surface area contributed by atoms with Crippen molar-refractivity contribution in [3.63, 3.8) is 0 Å². The summed E-state index contributed by atoms with van der Waals surface area (Å²) in [7, 11) is 3.52. The van der Waals surface area contributed by atoms with Crippen molar-refractivity contribution in [3.8, 4) is 5.75 Å². The maximum absolute atomic E-state index is 12.9. The second-order valence-corrected chi connectivity index (χ2v) is 7.90. The van der Waals surface area contributed by atoms with Crippen LogP contribution in [0.1, 0.15) is 36.3 Å². The minimum Gasteiger partial charge on any atom is -0.497 e. The fourth-order valence-corrected chi connectivity index (χ4v) is 3.84. The Morgan fingerprint density at radius 1 is 1.06 bits per heavy atom. The molecule has 0 saturated heterocycles. The van der Waals surface area contributed by atoms with E-state index in [1.165, 1.54) is 0 Å². The molecule has 1 amide bonds. The van der Waals surface area contributed by atoms with Gasteiger partial charge in [-0.3, -0.25) is 4.79 Å². The van der Waals surface area contributed by atoms with Crippen LogP contribution in [-0.2, 0) is 17.8 Å². The lowest BCUT2D eigenvalue weighted by molar-refractivity contribution is -0.131. The zero-order valence-corrected chi connectivity index (χ0v) is 18.7. The minimum absolute atomic E-state index is 0.0171. The summed E-state index contributed by atoms with van der Waals surface area (Å²) in [4.78, 5) is 24.1. The predicted molar refractivity (Wildman–Crippen MR) is 126 cm³/mol. The monoisotopic (exact) mass is 428 g/mol. The van der Waals surface area contributed by atoms with Gasteiger partial charge in [-0.25, -0.2) is 9.97 Å². The van der Waals surface area contributed by atoms with Gasteiger partial charge in [-0.15, -0.1) is 0 Å². The highest BCUT2D eigenvalue weighted by atomic mass is 16.5. The van der Waals surface area contributed by atoms with Gasteiger partial charge in [0.15, 0.2) is 5.65 Å². The normalized spacial score (nSPS) is 12.0. The molecule has 4 rings (SSSR count). The summed E-state index contributed by atoms with van der Waals surface area (Å²) in [5.74, 6) is 1.78. The van der Waals surface area contributed by atoms with Crippen molar-refractivity contribution in [3.05, 3.63) is 89.9 Å². The summed E-state index contributed by atoms with van der Waals surface area (Å²) < 4.78 is 7.37. The number of hydrogen-bond donors (Lipinski definition) is 0. The van der Waals surface area contributed by atoms with Gasteiger partial charge in [-0.2, -0.15) is 0 Å². The van der Waals surface area contributed by atoms with Crippen LogP contribution in [0.4, 0.5) is 0 Å². The predicted octanol–water partition coefficient (Wildman–Crippen LogP) is 4.64. The van der Waals surface area contributed by atoms with E-state index < -0.39 is 0 Å². The molecule has 2 aromatic carbocycles. The maximum Gasteiger partial charge on any atom is 0.223 e.